The van der Waals surface area contributed by atoms with Crippen LogP contribution < -0.4 is 5.73 Å². The number of benzene rings is 1. The fourth-order valence-corrected chi connectivity index (χ4v) is 2.01. The van der Waals surface area contributed by atoms with Crippen LogP contribution in [0.25, 0.3) is 5.69 Å². The number of aromatic nitrogens is 2. The Kier molecular flexibility index (Phi) is 2.98. The molecule has 17 heavy (non-hydrogen) atoms. The molecule has 0 aliphatic rings. The molecule has 2 rings (SSSR count). The summed E-state index contributed by atoms with van der Waals surface area (Å²) in [5, 5.41) is 5.10. The molecule has 0 unspecified atom stereocenters. The molecule has 0 atom stereocenters. The van der Waals surface area contributed by atoms with E-state index in [0.717, 1.165) is 22.0 Å². The van der Waals surface area contributed by atoms with E-state index in [1.165, 1.54) is 0 Å². The van der Waals surface area contributed by atoms with E-state index in [1.54, 1.807) is 0 Å². The van der Waals surface area contributed by atoms with Gasteiger partial charge in [-0.25, -0.2) is 4.68 Å². The van der Waals surface area contributed by atoms with Gasteiger partial charge in [-0.15, -0.1) is 0 Å². The second-order valence-electron chi connectivity index (χ2n) is 4.75. The summed E-state index contributed by atoms with van der Waals surface area (Å²) in [6.07, 6.45) is 1.82. The highest BCUT2D eigenvalue weighted by Crippen LogP contribution is 2.23. The zero-order valence-corrected chi connectivity index (χ0v) is 11.0. The molecule has 0 saturated heterocycles. The van der Waals surface area contributed by atoms with Gasteiger partial charge in [0, 0.05) is 21.8 Å². The van der Waals surface area contributed by atoms with Crippen molar-refractivity contribution in [3.05, 3.63) is 46.7 Å². The lowest BCUT2D eigenvalue weighted by molar-refractivity contribution is 0.550. The van der Waals surface area contributed by atoms with Crippen molar-refractivity contribution >= 4 is 11.6 Å². The quantitative estimate of drug-likeness (QED) is 0.889. The van der Waals surface area contributed by atoms with Crippen molar-refractivity contribution in [2.24, 2.45) is 5.73 Å². The third kappa shape index (κ3) is 2.35. The summed E-state index contributed by atoms with van der Waals surface area (Å²) < 4.78 is 1.88. The van der Waals surface area contributed by atoms with Crippen LogP contribution in [0.15, 0.2) is 30.5 Å². The molecule has 0 fully saturated rings. The Balaban J connectivity index is 2.48. The molecule has 4 heteroatoms. The summed E-state index contributed by atoms with van der Waals surface area (Å²) in [5.41, 5.74) is 8.81. The normalized spacial score (nSPS) is 11.8. The summed E-state index contributed by atoms with van der Waals surface area (Å²) in [7, 11) is 0. The molecule has 0 amide bonds. The zero-order valence-electron chi connectivity index (χ0n) is 10.2. The average Bonchev–Trinajstić information content (AvgIpc) is 2.61. The Bertz CT molecular complexity index is 521. The van der Waals surface area contributed by atoms with E-state index in [4.69, 9.17) is 17.3 Å². The number of hydrogen-bond acceptors (Lipinski definition) is 2. The molecular formula is C13H16ClN3. The molecule has 1 aromatic carbocycles. The number of nitrogens with zero attached hydrogens (tertiary/aromatic N) is 2. The van der Waals surface area contributed by atoms with E-state index in [2.05, 4.69) is 5.10 Å². The highest BCUT2D eigenvalue weighted by molar-refractivity contribution is 6.30. The molecule has 2 aromatic rings. The first-order chi connectivity index (χ1) is 7.89. The summed E-state index contributed by atoms with van der Waals surface area (Å²) >= 11 is 5.87. The molecule has 0 bridgehead atoms. The van der Waals surface area contributed by atoms with Crippen LogP contribution in [0, 0.1) is 6.92 Å². The maximum atomic E-state index is 6.10. The van der Waals surface area contributed by atoms with E-state index >= 15 is 0 Å². The first-order valence-electron chi connectivity index (χ1n) is 5.49. The van der Waals surface area contributed by atoms with E-state index in [9.17, 15) is 0 Å². The third-order valence-electron chi connectivity index (χ3n) is 2.78. The van der Waals surface area contributed by atoms with Crippen molar-refractivity contribution in [2.45, 2.75) is 26.3 Å². The number of nitrogens with two attached hydrogens (primary N) is 1. The van der Waals surface area contributed by atoms with Crippen LogP contribution in [0.1, 0.15) is 25.1 Å². The fraction of sp³-hybridized carbons (Fsp3) is 0.308. The lowest BCUT2D eigenvalue weighted by Crippen LogP contribution is -2.29. The van der Waals surface area contributed by atoms with Crippen LogP contribution >= 0.6 is 11.6 Å². The van der Waals surface area contributed by atoms with Gasteiger partial charge in [0.1, 0.15) is 0 Å². The van der Waals surface area contributed by atoms with Gasteiger partial charge < -0.3 is 5.73 Å². The Morgan fingerprint density at radius 2 is 1.82 bits per heavy atom. The van der Waals surface area contributed by atoms with E-state index < -0.39 is 0 Å². The second-order valence-corrected chi connectivity index (χ2v) is 5.19. The Morgan fingerprint density at radius 1 is 1.24 bits per heavy atom. The van der Waals surface area contributed by atoms with Gasteiger partial charge in [-0.05, 0) is 45.0 Å². The van der Waals surface area contributed by atoms with E-state index in [-0.39, 0.29) is 5.54 Å². The second kappa shape index (κ2) is 4.17. The minimum absolute atomic E-state index is 0.380. The maximum Gasteiger partial charge on any atom is 0.0649 e. The molecular weight excluding hydrogens is 234 g/mol. The molecule has 3 nitrogen and oxygen atoms in total. The molecule has 90 valence electrons. The Labute approximate surface area is 106 Å². The van der Waals surface area contributed by atoms with Gasteiger partial charge in [-0.2, -0.15) is 5.10 Å². The fourth-order valence-electron chi connectivity index (χ4n) is 1.88. The topological polar surface area (TPSA) is 43.8 Å². The van der Waals surface area contributed by atoms with Crippen molar-refractivity contribution in [1.82, 2.24) is 9.78 Å². The number of rotatable bonds is 2. The number of hydrogen-bond donors (Lipinski definition) is 1. The summed E-state index contributed by atoms with van der Waals surface area (Å²) in [5.74, 6) is 0. The SMILES string of the molecule is Cc1c(C(C)(C)N)cnn1-c1ccc(Cl)cc1. The first kappa shape index (κ1) is 12.1. The maximum absolute atomic E-state index is 6.10. The zero-order chi connectivity index (χ0) is 12.6. The van der Waals surface area contributed by atoms with Gasteiger partial charge in [0.05, 0.1) is 11.9 Å². The third-order valence-corrected chi connectivity index (χ3v) is 3.03. The van der Waals surface area contributed by atoms with Crippen molar-refractivity contribution < 1.29 is 0 Å². The molecule has 1 heterocycles. The predicted molar refractivity (Wildman–Crippen MR) is 70.5 cm³/mol. The highest BCUT2D eigenvalue weighted by Gasteiger charge is 2.20. The average molecular weight is 250 g/mol. The van der Waals surface area contributed by atoms with Crippen LogP contribution in [-0.2, 0) is 5.54 Å². The summed E-state index contributed by atoms with van der Waals surface area (Å²) in [6.45, 7) is 5.97. The smallest absolute Gasteiger partial charge is 0.0649 e. The van der Waals surface area contributed by atoms with Gasteiger partial charge in [-0.1, -0.05) is 11.6 Å². The standard InChI is InChI=1S/C13H16ClN3/c1-9-12(13(2,3)15)8-16-17(9)11-6-4-10(14)5-7-11/h4-8H,15H2,1-3H3. The highest BCUT2D eigenvalue weighted by atomic mass is 35.5. The predicted octanol–water partition coefficient (Wildman–Crippen LogP) is 3.03. The van der Waals surface area contributed by atoms with Crippen molar-refractivity contribution in [3.8, 4) is 5.69 Å². The molecule has 0 aliphatic heterocycles. The number of halogens is 1. The van der Waals surface area contributed by atoms with Gasteiger partial charge in [0.25, 0.3) is 0 Å². The molecule has 2 N–H and O–H groups in total. The monoisotopic (exact) mass is 249 g/mol. The molecule has 0 aliphatic carbocycles. The van der Waals surface area contributed by atoms with Gasteiger partial charge in [0.15, 0.2) is 0 Å². The minimum Gasteiger partial charge on any atom is -0.322 e. The Morgan fingerprint density at radius 3 is 2.29 bits per heavy atom. The minimum atomic E-state index is -0.380. The van der Waals surface area contributed by atoms with Crippen LogP contribution in [0.4, 0.5) is 0 Å². The van der Waals surface area contributed by atoms with Crippen LogP contribution in [-0.4, -0.2) is 9.78 Å². The first-order valence-corrected chi connectivity index (χ1v) is 5.87. The van der Waals surface area contributed by atoms with Crippen LogP contribution in [0.2, 0.25) is 5.02 Å². The van der Waals surface area contributed by atoms with Crippen LogP contribution in [0.3, 0.4) is 0 Å². The summed E-state index contributed by atoms with van der Waals surface area (Å²) in [6, 6.07) is 7.59. The van der Waals surface area contributed by atoms with Crippen molar-refractivity contribution in [3.63, 3.8) is 0 Å². The van der Waals surface area contributed by atoms with Crippen molar-refractivity contribution in [1.29, 1.82) is 0 Å². The molecule has 1 aromatic heterocycles. The van der Waals surface area contributed by atoms with Gasteiger partial charge in [0.2, 0.25) is 0 Å². The lowest BCUT2D eigenvalue weighted by atomic mass is 9.97. The van der Waals surface area contributed by atoms with Gasteiger partial charge in [-0.3, -0.25) is 0 Å². The van der Waals surface area contributed by atoms with E-state index in [0.29, 0.717) is 0 Å². The Hall–Kier alpha value is -1.32. The van der Waals surface area contributed by atoms with E-state index in [1.807, 2.05) is 55.9 Å². The molecule has 0 saturated carbocycles. The largest absolute Gasteiger partial charge is 0.322 e. The van der Waals surface area contributed by atoms with Crippen molar-refractivity contribution in [2.75, 3.05) is 0 Å². The summed E-state index contributed by atoms with van der Waals surface area (Å²) in [4.78, 5) is 0. The van der Waals surface area contributed by atoms with Crippen LogP contribution in [0.5, 0.6) is 0 Å². The molecule has 0 radical (unpaired) electrons. The van der Waals surface area contributed by atoms with Gasteiger partial charge >= 0.3 is 0 Å². The lowest BCUT2D eigenvalue weighted by Gasteiger charge is -2.18. The molecule has 0 spiro atoms.